The van der Waals surface area contributed by atoms with Crippen LogP contribution in [0.25, 0.3) is 6.08 Å². The van der Waals surface area contributed by atoms with E-state index in [-0.39, 0.29) is 28.3 Å². The molecule has 23 heavy (non-hydrogen) atoms. The highest BCUT2D eigenvalue weighted by Gasteiger charge is 2.34. The van der Waals surface area contributed by atoms with Gasteiger partial charge in [0, 0.05) is 0 Å². The number of carbonyl (C=O) groups is 2. The van der Waals surface area contributed by atoms with Crippen LogP contribution in [0.1, 0.15) is 11.1 Å². The van der Waals surface area contributed by atoms with Crippen molar-refractivity contribution in [1.82, 2.24) is 4.90 Å². The summed E-state index contributed by atoms with van der Waals surface area (Å²) in [5, 5.41) is -0.382. The van der Waals surface area contributed by atoms with Crippen molar-refractivity contribution in [1.29, 1.82) is 0 Å². The Bertz CT molecular complexity index is 785. The van der Waals surface area contributed by atoms with E-state index in [4.69, 9.17) is 0 Å². The highest BCUT2D eigenvalue weighted by molar-refractivity contribution is 8.18. The van der Waals surface area contributed by atoms with Crippen LogP contribution in [0.3, 0.4) is 0 Å². The predicted octanol–water partition coefficient (Wildman–Crippen LogP) is 4.20. The molecule has 0 spiro atoms. The van der Waals surface area contributed by atoms with Gasteiger partial charge in [-0.1, -0.05) is 24.3 Å². The van der Waals surface area contributed by atoms with Crippen LogP contribution in [0.2, 0.25) is 0 Å². The molecule has 0 atom stereocenters. The molecule has 6 heteroatoms. The molecule has 1 fully saturated rings. The van der Waals surface area contributed by atoms with E-state index in [1.165, 1.54) is 48.5 Å². The van der Waals surface area contributed by atoms with Crippen LogP contribution in [0.5, 0.6) is 0 Å². The van der Waals surface area contributed by atoms with E-state index in [9.17, 15) is 18.4 Å². The lowest BCUT2D eigenvalue weighted by atomic mass is 10.2. The summed E-state index contributed by atoms with van der Waals surface area (Å²) in [5.74, 6) is -1.15. The molecule has 2 amide bonds. The average molecular weight is 331 g/mol. The van der Waals surface area contributed by atoms with Crippen LogP contribution in [0.15, 0.2) is 53.4 Å². The average Bonchev–Trinajstić information content (AvgIpc) is 2.79. The van der Waals surface area contributed by atoms with Crippen molar-refractivity contribution in [2.24, 2.45) is 0 Å². The number of carbonyl (C=O) groups excluding carboxylic acids is 2. The topological polar surface area (TPSA) is 37.4 Å². The number of rotatable bonds is 3. The second kappa shape index (κ2) is 6.34. The first kappa shape index (κ1) is 15.4. The van der Waals surface area contributed by atoms with E-state index < -0.39 is 5.91 Å². The Morgan fingerprint density at radius 3 is 2.09 bits per heavy atom. The predicted molar refractivity (Wildman–Crippen MR) is 84.3 cm³/mol. The molecule has 1 aliphatic rings. The molecule has 3 rings (SSSR count). The molecular weight excluding hydrogens is 320 g/mol. The number of hydrogen-bond acceptors (Lipinski definition) is 3. The summed E-state index contributed by atoms with van der Waals surface area (Å²) in [6.45, 7) is 0.0890. The summed E-state index contributed by atoms with van der Waals surface area (Å²) in [4.78, 5) is 25.7. The van der Waals surface area contributed by atoms with Crippen LogP contribution in [-0.2, 0) is 11.3 Å². The van der Waals surface area contributed by atoms with Crippen molar-refractivity contribution < 1.29 is 18.4 Å². The van der Waals surface area contributed by atoms with Crippen LogP contribution < -0.4 is 0 Å². The van der Waals surface area contributed by atoms with Gasteiger partial charge in [0.05, 0.1) is 11.4 Å². The first-order valence-electron chi connectivity index (χ1n) is 6.78. The molecule has 1 aliphatic heterocycles. The van der Waals surface area contributed by atoms with Crippen LogP contribution in [-0.4, -0.2) is 16.0 Å². The number of hydrogen-bond donors (Lipinski definition) is 0. The Kier molecular flexibility index (Phi) is 4.25. The highest BCUT2D eigenvalue weighted by Crippen LogP contribution is 2.33. The molecule has 0 radical (unpaired) electrons. The lowest BCUT2D eigenvalue weighted by Gasteiger charge is -2.12. The largest absolute Gasteiger partial charge is 0.293 e. The minimum absolute atomic E-state index is 0.0890. The fourth-order valence-corrected chi connectivity index (χ4v) is 2.96. The van der Waals surface area contributed by atoms with E-state index in [2.05, 4.69) is 0 Å². The van der Waals surface area contributed by atoms with E-state index >= 15 is 0 Å². The van der Waals surface area contributed by atoms with Gasteiger partial charge in [0.15, 0.2) is 0 Å². The van der Waals surface area contributed by atoms with Gasteiger partial charge in [-0.15, -0.1) is 0 Å². The SMILES string of the molecule is O=C1S/C(=C/c2ccc(F)cc2)C(=O)N1Cc1ccc(F)cc1. The number of thioether (sulfide) groups is 1. The summed E-state index contributed by atoms with van der Waals surface area (Å²) >= 11 is 0.834. The van der Waals surface area contributed by atoms with Crippen molar-refractivity contribution in [3.8, 4) is 0 Å². The molecular formula is C17H11F2NO2S. The fourth-order valence-electron chi connectivity index (χ4n) is 2.12. The molecule has 0 bridgehead atoms. The Morgan fingerprint density at radius 2 is 1.48 bits per heavy atom. The van der Waals surface area contributed by atoms with Gasteiger partial charge < -0.3 is 0 Å². The fraction of sp³-hybridized carbons (Fsp3) is 0.0588. The Morgan fingerprint density at radius 1 is 0.913 bits per heavy atom. The van der Waals surface area contributed by atoms with Gasteiger partial charge in [-0.05, 0) is 53.2 Å². The molecule has 1 heterocycles. The third-order valence-corrected chi connectivity index (χ3v) is 4.20. The molecule has 0 aromatic heterocycles. The monoisotopic (exact) mass is 331 g/mol. The molecule has 2 aromatic carbocycles. The maximum Gasteiger partial charge on any atom is 0.293 e. The van der Waals surface area contributed by atoms with Crippen molar-refractivity contribution in [3.05, 3.63) is 76.2 Å². The van der Waals surface area contributed by atoms with Crippen LogP contribution in [0, 0.1) is 11.6 Å². The molecule has 1 saturated heterocycles. The van der Waals surface area contributed by atoms with Gasteiger partial charge >= 0.3 is 0 Å². The van der Waals surface area contributed by atoms with Crippen molar-refractivity contribution in [2.75, 3.05) is 0 Å². The molecule has 116 valence electrons. The van der Waals surface area contributed by atoms with Gasteiger partial charge in [-0.25, -0.2) is 8.78 Å². The summed E-state index contributed by atoms with van der Waals surface area (Å²) in [5.41, 5.74) is 1.30. The van der Waals surface area contributed by atoms with Gasteiger partial charge in [0.1, 0.15) is 11.6 Å². The Hall–Kier alpha value is -2.47. The second-order valence-corrected chi connectivity index (χ2v) is 5.94. The normalized spacial score (nSPS) is 16.4. The zero-order chi connectivity index (χ0) is 16.4. The van der Waals surface area contributed by atoms with Crippen molar-refractivity contribution in [2.45, 2.75) is 6.54 Å². The summed E-state index contributed by atoms with van der Waals surface area (Å²) in [6, 6.07) is 11.3. The summed E-state index contributed by atoms with van der Waals surface area (Å²) in [7, 11) is 0. The molecule has 3 nitrogen and oxygen atoms in total. The quantitative estimate of drug-likeness (QED) is 0.791. The van der Waals surface area contributed by atoms with E-state index in [0.717, 1.165) is 16.7 Å². The van der Waals surface area contributed by atoms with E-state index in [1.54, 1.807) is 6.08 Å². The number of halogens is 2. The van der Waals surface area contributed by atoms with Gasteiger partial charge in [-0.2, -0.15) is 0 Å². The van der Waals surface area contributed by atoms with Gasteiger partial charge in [0.2, 0.25) is 0 Å². The van der Waals surface area contributed by atoms with Gasteiger partial charge in [-0.3, -0.25) is 14.5 Å². The minimum Gasteiger partial charge on any atom is -0.268 e. The molecule has 0 N–H and O–H groups in total. The lowest BCUT2D eigenvalue weighted by Crippen LogP contribution is -2.27. The minimum atomic E-state index is -0.409. The molecule has 2 aromatic rings. The maximum atomic E-state index is 12.9. The number of amides is 2. The van der Waals surface area contributed by atoms with Crippen molar-refractivity contribution in [3.63, 3.8) is 0 Å². The number of nitrogens with zero attached hydrogens (tertiary/aromatic N) is 1. The third-order valence-electron chi connectivity index (χ3n) is 3.30. The van der Waals surface area contributed by atoms with Crippen molar-refractivity contribution >= 4 is 29.0 Å². The van der Waals surface area contributed by atoms with E-state index in [1.807, 2.05) is 0 Å². The number of benzene rings is 2. The third kappa shape index (κ3) is 3.48. The van der Waals surface area contributed by atoms with Crippen LogP contribution in [0.4, 0.5) is 13.6 Å². The summed E-state index contributed by atoms with van der Waals surface area (Å²) < 4.78 is 25.8. The summed E-state index contributed by atoms with van der Waals surface area (Å²) in [6.07, 6.45) is 1.55. The Balaban J connectivity index is 1.79. The lowest BCUT2D eigenvalue weighted by molar-refractivity contribution is -0.123. The second-order valence-electron chi connectivity index (χ2n) is 4.95. The zero-order valence-corrected chi connectivity index (χ0v) is 12.6. The molecule has 0 aliphatic carbocycles. The molecule has 0 saturated carbocycles. The van der Waals surface area contributed by atoms with Crippen LogP contribution >= 0.6 is 11.8 Å². The zero-order valence-electron chi connectivity index (χ0n) is 11.8. The van der Waals surface area contributed by atoms with Gasteiger partial charge in [0.25, 0.3) is 11.1 Å². The molecule has 0 unspecified atom stereocenters. The highest BCUT2D eigenvalue weighted by atomic mass is 32.2. The van der Waals surface area contributed by atoms with E-state index in [0.29, 0.717) is 11.1 Å². The Labute approximate surface area is 135 Å². The maximum absolute atomic E-state index is 12.9. The number of imide groups is 1. The smallest absolute Gasteiger partial charge is 0.268 e. The first-order valence-corrected chi connectivity index (χ1v) is 7.60. The first-order chi connectivity index (χ1) is 11.0. The standard InChI is InChI=1S/C17H11F2NO2S/c18-13-5-1-11(2-6-13)9-15-16(21)20(17(22)23-15)10-12-3-7-14(19)8-4-12/h1-9H,10H2/b15-9+.